The first kappa shape index (κ1) is 100. The molecule has 0 saturated carbocycles. The monoisotopic (exact) mass is 1750 g/mol. The number of nitrogen functional groups attached to an aromatic ring is 10. The van der Waals surface area contributed by atoms with Crippen molar-refractivity contribution in [3.05, 3.63) is 382 Å². The van der Waals surface area contributed by atoms with Crippen molar-refractivity contribution < 1.29 is 88.3 Å². The molecule has 0 heterocycles. The smallest absolute Gasteiger partial charge is 0.417 e. The summed E-state index contributed by atoms with van der Waals surface area (Å²) in [6, 6.07) is 89.1. The minimum absolute atomic E-state index is 0. The normalized spacial score (nSPS) is 11.0. The van der Waals surface area contributed by atoms with Gasteiger partial charge in [0.05, 0.1) is 45.1 Å². The number of hydrogen-bond acceptors (Lipinski definition) is 16. The molecule has 1 aliphatic carbocycles. The Balaban J connectivity index is 0.000000262. The van der Waals surface area contributed by atoms with Gasteiger partial charge in [-0.3, -0.25) is 0 Å². The molecule has 0 unspecified atom stereocenters. The molecule has 0 spiro atoms. The van der Waals surface area contributed by atoms with E-state index in [1.54, 1.807) is 73.7 Å². The minimum Gasteiger partial charge on any atom is -0.506 e. The molecule has 14 aromatic carbocycles. The topological polar surface area (TPSA) is 393 Å². The van der Waals surface area contributed by atoms with Crippen molar-refractivity contribution in [2.45, 2.75) is 77.6 Å². The van der Waals surface area contributed by atoms with E-state index < -0.39 is 40.4 Å². The summed E-state index contributed by atoms with van der Waals surface area (Å²) in [5.41, 5.74) is 76.4. The molecule has 1 aliphatic rings. The fourth-order valence-electron chi connectivity index (χ4n) is 13.0. The average molecular weight is 1750 g/mol. The van der Waals surface area contributed by atoms with E-state index in [9.17, 15) is 55.5 Å². The van der Waals surface area contributed by atoms with Gasteiger partial charge < -0.3 is 89.2 Å². The van der Waals surface area contributed by atoms with Crippen LogP contribution in [-0.2, 0) is 62.6 Å². The number of phenolic OH excluding ortho intramolecular Hbond substituents is 4. The first-order valence-electron chi connectivity index (χ1n) is 38.5. The van der Waals surface area contributed by atoms with Gasteiger partial charge in [0.15, 0.2) is 0 Å². The Kier molecular flexibility index (Phi) is 37.9. The number of halogens is 8. The van der Waals surface area contributed by atoms with E-state index in [1.165, 1.54) is 60.6 Å². The minimum atomic E-state index is -4.64. The Morgan fingerprint density at radius 3 is 1.06 bits per heavy atom. The molecule has 0 bridgehead atoms. The van der Waals surface area contributed by atoms with Crippen LogP contribution >= 0.6 is 0 Å². The van der Waals surface area contributed by atoms with Gasteiger partial charge in [0.2, 0.25) is 0 Å². The number of fused-ring (bicyclic) bond motifs is 3. The van der Waals surface area contributed by atoms with E-state index in [2.05, 4.69) is 35.7 Å². The van der Waals surface area contributed by atoms with Crippen molar-refractivity contribution in [3.63, 3.8) is 0 Å². The van der Waals surface area contributed by atoms with Crippen LogP contribution in [0.3, 0.4) is 0 Å². The number of anilines is 10. The van der Waals surface area contributed by atoms with Crippen LogP contribution in [-0.4, -0.2) is 40.7 Å². The zero-order chi connectivity index (χ0) is 90.4. The van der Waals surface area contributed by atoms with Crippen LogP contribution in [0.4, 0.5) is 92.0 Å². The van der Waals surface area contributed by atoms with Gasteiger partial charge in [0, 0.05) is 55.5 Å². The Morgan fingerprint density at radius 2 is 0.707 bits per heavy atom. The number of benzene rings is 14. The number of phenols is 4. The third-order valence-corrected chi connectivity index (χ3v) is 19.2. The second-order valence-electron chi connectivity index (χ2n) is 27.0. The molecule has 14 aromatic rings. The number of alkyl halides is 6. The summed E-state index contributed by atoms with van der Waals surface area (Å²) in [6.07, 6.45) is -7.25. The van der Waals surface area contributed by atoms with E-state index in [0.717, 1.165) is 107 Å². The van der Waals surface area contributed by atoms with Crippen molar-refractivity contribution >= 4 is 56.9 Å². The first-order valence-corrected chi connectivity index (χ1v) is 38.5. The molecule has 1 radical (unpaired) electrons. The van der Waals surface area contributed by atoms with E-state index in [-0.39, 0.29) is 101 Å². The number of aryl methyl sites for hydroxylation is 1. The Hall–Kier alpha value is -13.3. The molecule has 0 aromatic heterocycles. The molecule has 16 nitrogen and oxygen atoms in total. The molecule has 0 saturated heterocycles. The average Bonchev–Trinajstić information content (AvgIpc) is 1.54. The second kappa shape index (κ2) is 46.5. The van der Waals surface area contributed by atoms with Crippen molar-refractivity contribution in [2.24, 2.45) is 11.5 Å². The van der Waals surface area contributed by atoms with Crippen molar-refractivity contribution in [1.82, 2.24) is 0 Å². The van der Waals surface area contributed by atoms with Crippen molar-refractivity contribution in [1.29, 1.82) is 0 Å². The van der Waals surface area contributed by atoms with Gasteiger partial charge in [-0.2, -0.15) is 98.1 Å². The third kappa shape index (κ3) is 25.7. The molecule has 0 amide bonds. The SMILES string of the molecule is CC.CC.CC(c1ccc(O)c(N)c1)(c1ccc(O)c(N)c1)C(F)(F)F.CN.CN.Cc1cc(N)ccc1-c1ccc(N)cc1C(F)(F)F.Nc1ccc(-c2ccc(N)c(O)c2)cc1O.Nc1ccc(C2(c3ccc(N)c(F)c3)c3ccccc3-c3ccccc32)cc1F.Nc1ccc(Cc2ccc(N)cc2)cc1.[Y].[c-]1ccccc1Cc1[c-]cccc1. The molecule has 25 heteroatoms. The molecule has 0 aliphatic heterocycles. The van der Waals surface area contributed by atoms with Crippen LogP contribution in [0.15, 0.2) is 291 Å². The van der Waals surface area contributed by atoms with Gasteiger partial charge in [0.25, 0.3) is 0 Å². The number of hydrogen-bond donors (Lipinski definition) is 16. The second-order valence-corrected chi connectivity index (χ2v) is 27.0. The molecular weight excluding hydrogens is 1650 g/mol. The first-order chi connectivity index (χ1) is 58.1. The summed E-state index contributed by atoms with van der Waals surface area (Å²) in [5, 5.41) is 37.8. The summed E-state index contributed by atoms with van der Waals surface area (Å²) in [5.74, 6) is -1.54. The Morgan fingerprint density at radius 1 is 0.341 bits per heavy atom. The number of rotatable bonds is 10. The van der Waals surface area contributed by atoms with Gasteiger partial charge in [-0.15, -0.1) is 0 Å². The van der Waals surface area contributed by atoms with Gasteiger partial charge in [0.1, 0.15) is 40.0 Å². The van der Waals surface area contributed by atoms with Crippen LogP contribution in [0.2, 0.25) is 0 Å². The van der Waals surface area contributed by atoms with Gasteiger partial charge in [-0.1, -0.05) is 149 Å². The molecule has 0 fully saturated rings. The predicted molar refractivity (Wildman–Crippen MR) is 485 cm³/mol. The molecular formula is C98H104F8N12O4Y-2. The van der Waals surface area contributed by atoms with Crippen molar-refractivity contribution in [2.75, 3.05) is 71.4 Å². The zero-order valence-electron chi connectivity index (χ0n) is 69.4. The van der Waals surface area contributed by atoms with E-state index in [4.69, 9.17) is 57.3 Å². The van der Waals surface area contributed by atoms with Gasteiger partial charge in [-0.25, -0.2) is 8.78 Å². The summed E-state index contributed by atoms with van der Waals surface area (Å²) in [4.78, 5) is 0. The number of aromatic hydroxyl groups is 4. The quantitative estimate of drug-likeness (QED) is 0.0262. The zero-order valence-corrected chi connectivity index (χ0v) is 72.3. The fraction of sp³-hybridized carbons (Fsp3) is 0.143. The summed E-state index contributed by atoms with van der Waals surface area (Å²) < 4.78 is 110. The largest absolute Gasteiger partial charge is 0.506 e. The van der Waals surface area contributed by atoms with Gasteiger partial charge >= 0.3 is 12.4 Å². The number of nitrogens with two attached hydrogens (primary N) is 12. The fourth-order valence-corrected chi connectivity index (χ4v) is 13.0. The van der Waals surface area contributed by atoms with Crippen LogP contribution in [0.5, 0.6) is 23.0 Å². The molecule has 641 valence electrons. The van der Waals surface area contributed by atoms with Crippen LogP contribution in [0.25, 0.3) is 33.4 Å². The van der Waals surface area contributed by atoms with Crippen LogP contribution in [0, 0.1) is 30.7 Å². The van der Waals surface area contributed by atoms with Crippen LogP contribution in [0.1, 0.15) is 101 Å². The Bertz CT molecular complexity index is 5410. The van der Waals surface area contributed by atoms with E-state index >= 15 is 0 Å². The molecule has 28 N–H and O–H groups in total. The third-order valence-electron chi connectivity index (χ3n) is 19.2. The Labute approximate surface area is 738 Å². The molecule has 123 heavy (non-hydrogen) atoms. The standard InChI is InChI=1S/C25H18F2N2.C15H15F3N2O2.C14H13F3N2.C13H14N2.C13H10.C12H12N2O2.2C2H6.2CH5N.Y/c26-21-13-15(9-11-23(21)28)25(16-10-12-24(29)22(27)14-16)19-7-3-1-5-17(19)18-6-2-4-8-20(18)25;1-14(15(16,17)18,8-2-4-12(21)10(19)6-8)9-3-5-13(22)11(20)7-9;1-8-6-9(18)2-4-11(8)12-5-3-10(19)7-13(12)14(15,16)17;14-12-5-1-10(2-6-12)9-11-3-7-13(15)8-4-11;1-3-7-12(8-4-1)11-13-9-5-2-6-10-13;13-9-3-1-7(5-11(9)15)8-2-4-10(14)12(16)6-8;4*1-2;/h1-14H,28-29H2;2-7,21-22H,19-20H2,1H3;2-7H,18-19H2,1H3;1-8H,9,14-15H2;1-7,9H,11H2;1-6,15-16H,13-14H2;2*1-2H3;2*2H2,1H3;/q;;;;-2;;;;;;. The van der Waals surface area contributed by atoms with Crippen molar-refractivity contribution in [3.8, 4) is 56.4 Å². The summed E-state index contributed by atoms with van der Waals surface area (Å²) in [7, 11) is 3.00. The maximum atomic E-state index is 14.6. The molecule has 0 atom stereocenters. The predicted octanol–water partition coefficient (Wildman–Crippen LogP) is 20.9. The summed E-state index contributed by atoms with van der Waals surface area (Å²) in [6.45, 7) is 10.7. The molecule has 15 rings (SSSR count). The van der Waals surface area contributed by atoms with E-state index in [0.29, 0.717) is 39.3 Å². The maximum Gasteiger partial charge on any atom is 0.417 e. The maximum absolute atomic E-state index is 14.6. The van der Waals surface area contributed by atoms with Gasteiger partial charge in [-0.05, 0) is 246 Å². The summed E-state index contributed by atoms with van der Waals surface area (Å²) >= 11 is 0. The van der Waals surface area contributed by atoms with Crippen LogP contribution < -0.4 is 68.8 Å². The van der Waals surface area contributed by atoms with E-state index in [1.807, 2.05) is 173 Å².